The number of hydrogen-bond donors (Lipinski definition) is 1. The number of benzene rings is 1. The maximum atomic E-state index is 6.36. The monoisotopic (exact) mass is 343 g/mol. The summed E-state index contributed by atoms with van der Waals surface area (Å²) in [6, 6.07) is 6.28. The standard InChI is InChI=1S/C16H23BrClN/c1-11-3-4-13(10-19-2)14(7-11)8-12-5-6-15(17)9-16(12)18/h5-6,9,11,13-14,19H,3-4,7-8,10H2,1-2H3. The first kappa shape index (κ1) is 15.3. The van der Waals surface area contributed by atoms with Gasteiger partial charge in [0, 0.05) is 9.50 Å². The molecule has 1 aliphatic carbocycles. The molecule has 1 aromatic rings. The second-order valence-corrected chi connectivity index (χ2v) is 7.26. The average Bonchev–Trinajstić information content (AvgIpc) is 2.36. The highest BCUT2D eigenvalue weighted by atomic mass is 79.9. The molecular formula is C16H23BrClN. The molecule has 0 saturated heterocycles. The summed E-state index contributed by atoms with van der Waals surface area (Å²) < 4.78 is 1.06. The van der Waals surface area contributed by atoms with Gasteiger partial charge in [0.15, 0.2) is 0 Å². The van der Waals surface area contributed by atoms with E-state index in [1.165, 1.54) is 24.8 Å². The van der Waals surface area contributed by atoms with Crippen molar-refractivity contribution in [2.45, 2.75) is 32.6 Å². The number of hydrogen-bond acceptors (Lipinski definition) is 1. The summed E-state index contributed by atoms with van der Waals surface area (Å²) in [6.45, 7) is 3.51. The summed E-state index contributed by atoms with van der Waals surface area (Å²) in [5, 5.41) is 4.25. The molecule has 3 unspecified atom stereocenters. The van der Waals surface area contributed by atoms with Crippen molar-refractivity contribution in [3.63, 3.8) is 0 Å². The normalized spacial score (nSPS) is 27.5. The van der Waals surface area contributed by atoms with Crippen molar-refractivity contribution in [2.24, 2.45) is 17.8 Å². The van der Waals surface area contributed by atoms with E-state index in [4.69, 9.17) is 11.6 Å². The Morgan fingerprint density at radius 3 is 2.79 bits per heavy atom. The predicted molar refractivity (Wildman–Crippen MR) is 86.8 cm³/mol. The minimum atomic E-state index is 0.759. The van der Waals surface area contributed by atoms with Gasteiger partial charge in [-0.1, -0.05) is 46.9 Å². The molecule has 2 rings (SSSR count). The molecule has 0 bridgehead atoms. The van der Waals surface area contributed by atoms with Crippen molar-refractivity contribution in [1.82, 2.24) is 5.32 Å². The van der Waals surface area contributed by atoms with Crippen LogP contribution in [0.15, 0.2) is 22.7 Å². The molecule has 1 fully saturated rings. The van der Waals surface area contributed by atoms with Gasteiger partial charge in [-0.15, -0.1) is 0 Å². The summed E-state index contributed by atoms with van der Waals surface area (Å²) in [4.78, 5) is 0. The first-order chi connectivity index (χ1) is 9.10. The van der Waals surface area contributed by atoms with E-state index >= 15 is 0 Å². The number of nitrogens with one attached hydrogen (secondary N) is 1. The molecule has 0 spiro atoms. The SMILES string of the molecule is CNCC1CCC(C)CC1Cc1ccc(Br)cc1Cl. The Balaban J connectivity index is 2.09. The topological polar surface area (TPSA) is 12.0 Å². The van der Waals surface area contributed by atoms with Gasteiger partial charge >= 0.3 is 0 Å². The highest BCUT2D eigenvalue weighted by molar-refractivity contribution is 9.10. The maximum Gasteiger partial charge on any atom is 0.0449 e. The van der Waals surface area contributed by atoms with Gasteiger partial charge < -0.3 is 5.32 Å². The Morgan fingerprint density at radius 2 is 2.11 bits per heavy atom. The molecule has 106 valence electrons. The molecule has 3 atom stereocenters. The summed E-state index contributed by atoms with van der Waals surface area (Å²) in [5.41, 5.74) is 1.30. The minimum absolute atomic E-state index is 0.759. The van der Waals surface area contributed by atoms with Crippen molar-refractivity contribution in [3.05, 3.63) is 33.3 Å². The van der Waals surface area contributed by atoms with Crippen LogP contribution in [0.2, 0.25) is 5.02 Å². The Labute approximate surface area is 130 Å². The van der Waals surface area contributed by atoms with E-state index in [2.05, 4.69) is 47.4 Å². The molecule has 0 heterocycles. The van der Waals surface area contributed by atoms with Crippen LogP contribution in [0.25, 0.3) is 0 Å². The highest BCUT2D eigenvalue weighted by Gasteiger charge is 2.28. The summed E-state index contributed by atoms with van der Waals surface area (Å²) >= 11 is 9.84. The van der Waals surface area contributed by atoms with Crippen LogP contribution < -0.4 is 5.32 Å². The summed E-state index contributed by atoms with van der Waals surface area (Å²) in [7, 11) is 2.06. The third-order valence-electron chi connectivity index (χ3n) is 4.37. The Hall–Kier alpha value is -0.0500. The van der Waals surface area contributed by atoms with Crippen molar-refractivity contribution in [1.29, 1.82) is 0 Å². The fraction of sp³-hybridized carbons (Fsp3) is 0.625. The van der Waals surface area contributed by atoms with Crippen LogP contribution in [0.4, 0.5) is 0 Å². The molecule has 1 aromatic carbocycles. The molecule has 1 N–H and O–H groups in total. The Kier molecular flexibility index (Phi) is 5.73. The first-order valence-electron chi connectivity index (χ1n) is 7.18. The fourth-order valence-corrected chi connectivity index (χ4v) is 4.06. The lowest BCUT2D eigenvalue weighted by atomic mass is 9.72. The van der Waals surface area contributed by atoms with Gasteiger partial charge in [0.1, 0.15) is 0 Å². The van der Waals surface area contributed by atoms with E-state index in [0.717, 1.165) is 40.2 Å². The Morgan fingerprint density at radius 1 is 1.32 bits per heavy atom. The number of halogens is 2. The van der Waals surface area contributed by atoms with E-state index in [0.29, 0.717) is 0 Å². The van der Waals surface area contributed by atoms with Crippen LogP contribution in [0.1, 0.15) is 31.7 Å². The van der Waals surface area contributed by atoms with Crippen molar-refractivity contribution in [2.75, 3.05) is 13.6 Å². The van der Waals surface area contributed by atoms with Crippen LogP contribution in [0.3, 0.4) is 0 Å². The molecule has 1 saturated carbocycles. The lowest BCUT2D eigenvalue weighted by molar-refractivity contribution is 0.186. The number of rotatable bonds is 4. The van der Waals surface area contributed by atoms with Crippen LogP contribution in [-0.2, 0) is 6.42 Å². The van der Waals surface area contributed by atoms with Crippen molar-refractivity contribution < 1.29 is 0 Å². The van der Waals surface area contributed by atoms with Gasteiger partial charge in [0.05, 0.1) is 0 Å². The molecular weight excluding hydrogens is 322 g/mol. The van der Waals surface area contributed by atoms with E-state index in [1.807, 2.05) is 6.07 Å². The Bertz CT molecular complexity index is 421. The fourth-order valence-electron chi connectivity index (χ4n) is 3.31. The largest absolute Gasteiger partial charge is 0.319 e. The first-order valence-corrected chi connectivity index (χ1v) is 8.35. The van der Waals surface area contributed by atoms with Gasteiger partial charge in [-0.2, -0.15) is 0 Å². The second kappa shape index (κ2) is 7.10. The summed E-state index contributed by atoms with van der Waals surface area (Å²) in [5.74, 6) is 2.41. The molecule has 0 aliphatic heterocycles. The molecule has 0 radical (unpaired) electrons. The van der Waals surface area contributed by atoms with E-state index < -0.39 is 0 Å². The zero-order chi connectivity index (χ0) is 13.8. The van der Waals surface area contributed by atoms with E-state index in [-0.39, 0.29) is 0 Å². The molecule has 19 heavy (non-hydrogen) atoms. The minimum Gasteiger partial charge on any atom is -0.319 e. The van der Waals surface area contributed by atoms with Crippen LogP contribution >= 0.6 is 27.5 Å². The van der Waals surface area contributed by atoms with E-state index in [9.17, 15) is 0 Å². The summed E-state index contributed by atoms with van der Waals surface area (Å²) in [6.07, 6.45) is 5.17. The zero-order valence-corrected chi connectivity index (χ0v) is 14.1. The van der Waals surface area contributed by atoms with Gasteiger partial charge in [0.25, 0.3) is 0 Å². The van der Waals surface area contributed by atoms with Gasteiger partial charge in [-0.05, 0) is 68.3 Å². The van der Waals surface area contributed by atoms with E-state index in [1.54, 1.807) is 0 Å². The lowest BCUT2D eigenvalue weighted by Crippen LogP contribution is -2.32. The molecule has 3 heteroatoms. The second-order valence-electron chi connectivity index (χ2n) is 5.94. The quantitative estimate of drug-likeness (QED) is 0.817. The zero-order valence-electron chi connectivity index (χ0n) is 11.8. The highest BCUT2D eigenvalue weighted by Crippen LogP contribution is 2.37. The van der Waals surface area contributed by atoms with Crippen molar-refractivity contribution in [3.8, 4) is 0 Å². The predicted octanol–water partition coefficient (Wildman–Crippen LogP) is 4.92. The van der Waals surface area contributed by atoms with Crippen LogP contribution in [0, 0.1) is 17.8 Å². The lowest BCUT2D eigenvalue weighted by Gasteiger charge is -2.35. The van der Waals surface area contributed by atoms with Gasteiger partial charge in [-0.25, -0.2) is 0 Å². The third kappa shape index (κ3) is 4.21. The smallest absolute Gasteiger partial charge is 0.0449 e. The van der Waals surface area contributed by atoms with Crippen LogP contribution in [-0.4, -0.2) is 13.6 Å². The van der Waals surface area contributed by atoms with Crippen molar-refractivity contribution >= 4 is 27.5 Å². The molecule has 0 amide bonds. The maximum absolute atomic E-state index is 6.36. The van der Waals surface area contributed by atoms with Crippen LogP contribution in [0.5, 0.6) is 0 Å². The van der Waals surface area contributed by atoms with Gasteiger partial charge in [-0.3, -0.25) is 0 Å². The third-order valence-corrected chi connectivity index (χ3v) is 5.21. The molecule has 0 aromatic heterocycles. The van der Waals surface area contributed by atoms with Gasteiger partial charge in [0.2, 0.25) is 0 Å². The molecule has 1 nitrogen and oxygen atoms in total. The average molecular weight is 345 g/mol. The molecule has 1 aliphatic rings.